The van der Waals surface area contributed by atoms with Crippen LogP contribution in [-0.2, 0) is 6.54 Å². The summed E-state index contributed by atoms with van der Waals surface area (Å²) in [6.45, 7) is 2.59. The summed E-state index contributed by atoms with van der Waals surface area (Å²) in [5.41, 5.74) is 0. The van der Waals surface area contributed by atoms with Gasteiger partial charge < -0.3 is 0 Å². The first kappa shape index (κ1) is 7.54. The summed E-state index contributed by atoms with van der Waals surface area (Å²) in [7, 11) is 0. The molecule has 0 radical (unpaired) electrons. The van der Waals surface area contributed by atoms with Crippen LogP contribution in [0.3, 0.4) is 0 Å². The van der Waals surface area contributed by atoms with Crippen LogP contribution in [0.1, 0.15) is 9.88 Å². The summed E-state index contributed by atoms with van der Waals surface area (Å²) < 4.78 is 0. The van der Waals surface area contributed by atoms with Crippen LogP contribution < -0.4 is 0 Å². The molecule has 0 aliphatic heterocycles. The third kappa shape index (κ3) is 1.99. The quantitative estimate of drug-likeness (QED) is 0.501. The van der Waals surface area contributed by atoms with Gasteiger partial charge in [0.15, 0.2) is 0 Å². The number of thiocarbonyl (C=S) groups is 1. The summed E-state index contributed by atoms with van der Waals surface area (Å²) in [5.74, 6) is 0. The molecule has 0 spiro atoms. The van der Waals surface area contributed by atoms with Gasteiger partial charge in [-0.3, -0.25) is 0 Å². The lowest BCUT2D eigenvalue weighted by atomic mass is 10.6. The first-order valence-corrected chi connectivity index (χ1v) is 4.00. The van der Waals surface area contributed by atoms with Crippen LogP contribution in [0.2, 0.25) is 0 Å². The van der Waals surface area contributed by atoms with E-state index in [4.69, 9.17) is 0 Å². The Morgan fingerprint density at radius 2 is 2.70 bits per heavy atom. The second-order valence-corrected chi connectivity index (χ2v) is 3.27. The molecule has 0 saturated heterocycles. The lowest BCUT2D eigenvalue weighted by molar-refractivity contribution is 1.05. The van der Waals surface area contributed by atoms with Crippen molar-refractivity contribution in [3.05, 3.63) is 16.1 Å². The number of isothiocyanates is 1. The maximum Gasteiger partial charge on any atom is 0.115 e. The third-order valence-corrected chi connectivity index (χ3v) is 1.97. The van der Waals surface area contributed by atoms with E-state index in [1.807, 2.05) is 13.1 Å². The third-order valence-electron chi connectivity index (χ3n) is 0.948. The van der Waals surface area contributed by atoms with Crippen LogP contribution in [0.4, 0.5) is 0 Å². The van der Waals surface area contributed by atoms with E-state index in [1.165, 1.54) is 4.88 Å². The van der Waals surface area contributed by atoms with Crippen molar-refractivity contribution in [1.82, 2.24) is 4.98 Å². The summed E-state index contributed by atoms with van der Waals surface area (Å²) in [4.78, 5) is 9.06. The fourth-order valence-electron chi connectivity index (χ4n) is 0.574. The van der Waals surface area contributed by atoms with Gasteiger partial charge in [0.25, 0.3) is 0 Å². The van der Waals surface area contributed by atoms with Crippen LogP contribution >= 0.6 is 23.6 Å². The molecule has 1 rings (SSSR count). The van der Waals surface area contributed by atoms with E-state index >= 15 is 0 Å². The molecular weight excluding hydrogens is 164 g/mol. The van der Waals surface area contributed by atoms with Gasteiger partial charge in [-0.15, -0.1) is 11.3 Å². The molecule has 0 saturated carbocycles. The normalized spacial score (nSPS) is 8.90. The van der Waals surface area contributed by atoms with Gasteiger partial charge in [-0.2, -0.15) is 0 Å². The van der Waals surface area contributed by atoms with Crippen LogP contribution in [-0.4, -0.2) is 10.1 Å². The summed E-state index contributed by atoms with van der Waals surface area (Å²) in [6, 6.07) is 0. The molecule has 0 unspecified atom stereocenters. The molecule has 0 atom stereocenters. The van der Waals surface area contributed by atoms with Gasteiger partial charge in [0.1, 0.15) is 11.6 Å². The molecule has 52 valence electrons. The highest BCUT2D eigenvalue weighted by molar-refractivity contribution is 7.78. The van der Waals surface area contributed by atoms with Gasteiger partial charge in [0.05, 0.1) is 5.16 Å². The van der Waals surface area contributed by atoms with E-state index in [9.17, 15) is 0 Å². The van der Waals surface area contributed by atoms with E-state index in [2.05, 4.69) is 27.4 Å². The van der Waals surface area contributed by atoms with Crippen LogP contribution in [0, 0.1) is 6.92 Å². The zero-order valence-corrected chi connectivity index (χ0v) is 7.13. The molecule has 0 bridgehead atoms. The van der Waals surface area contributed by atoms with Crippen molar-refractivity contribution in [1.29, 1.82) is 0 Å². The molecule has 0 aliphatic rings. The SMILES string of the molecule is Cc1cnc(CN=C=S)s1. The van der Waals surface area contributed by atoms with Crippen molar-refractivity contribution in [3.8, 4) is 0 Å². The molecule has 0 aromatic carbocycles. The molecular formula is C6H6N2S2. The topological polar surface area (TPSA) is 25.2 Å². The zero-order chi connectivity index (χ0) is 7.40. The Hall–Kier alpha value is -0.570. The average molecular weight is 170 g/mol. The van der Waals surface area contributed by atoms with Crippen molar-refractivity contribution in [2.75, 3.05) is 0 Å². The lowest BCUT2D eigenvalue weighted by Gasteiger charge is -1.80. The van der Waals surface area contributed by atoms with E-state index in [1.54, 1.807) is 11.3 Å². The second kappa shape index (κ2) is 3.56. The maximum absolute atomic E-state index is 4.42. The summed E-state index contributed by atoms with van der Waals surface area (Å²) in [6.07, 6.45) is 1.83. The van der Waals surface area contributed by atoms with Gasteiger partial charge in [0.2, 0.25) is 0 Å². The maximum atomic E-state index is 4.42. The van der Waals surface area contributed by atoms with Crippen molar-refractivity contribution < 1.29 is 0 Å². The molecule has 0 amide bonds. The Bertz CT molecular complexity index is 260. The highest BCUT2D eigenvalue weighted by atomic mass is 32.1. The zero-order valence-electron chi connectivity index (χ0n) is 5.50. The smallest absolute Gasteiger partial charge is 0.115 e. The highest BCUT2D eigenvalue weighted by Gasteiger charge is 1.94. The van der Waals surface area contributed by atoms with Gasteiger partial charge >= 0.3 is 0 Å². The minimum absolute atomic E-state index is 0.571. The number of hydrogen-bond donors (Lipinski definition) is 0. The fraction of sp³-hybridized carbons (Fsp3) is 0.333. The Morgan fingerprint density at radius 3 is 3.20 bits per heavy atom. The van der Waals surface area contributed by atoms with Crippen molar-refractivity contribution in [2.45, 2.75) is 13.5 Å². The van der Waals surface area contributed by atoms with E-state index in [-0.39, 0.29) is 0 Å². The molecule has 2 nitrogen and oxygen atoms in total. The average Bonchev–Trinajstić information content (AvgIpc) is 2.31. The first-order chi connectivity index (χ1) is 4.83. The van der Waals surface area contributed by atoms with E-state index in [0.29, 0.717) is 6.54 Å². The molecule has 0 fully saturated rings. The minimum Gasteiger partial charge on any atom is -0.247 e. The number of hydrogen-bond acceptors (Lipinski definition) is 4. The van der Waals surface area contributed by atoms with Gasteiger partial charge in [-0.1, -0.05) is 0 Å². The molecule has 1 aromatic rings. The molecule has 1 aromatic heterocycles. The predicted octanol–water partition coefficient (Wildman–Crippen LogP) is 2.05. The Labute approximate surface area is 68.6 Å². The molecule has 1 heterocycles. The van der Waals surface area contributed by atoms with Crippen molar-refractivity contribution in [3.63, 3.8) is 0 Å². The number of rotatable bonds is 2. The number of aromatic nitrogens is 1. The van der Waals surface area contributed by atoms with Crippen LogP contribution in [0.25, 0.3) is 0 Å². The Kier molecular flexibility index (Phi) is 2.68. The first-order valence-electron chi connectivity index (χ1n) is 2.78. The van der Waals surface area contributed by atoms with Gasteiger partial charge in [-0.25, -0.2) is 9.98 Å². The summed E-state index contributed by atoms with van der Waals surface area (Å²) in [5, 5.41) is 3.30. The van der Waals surface area contributed by atoms with Crippen LogP contribution in [0.5, 0.6) is 0 Å². The second-order valence-electron chi connectivity index (χ2n) is 1.77. The molecule has 4 heteroatoms. The van der Waals surface area contributed by atoms with Crippen LogP contribution in [0.15, 0.2) is 11.2 Å². The number of nitrogens with zero attached hydrogens (tertiary/aromatic N) is 2. The Balaban J connectivity index is 2.66. The van der Waals surface area contributed by atoms with E-state index < -0.39 is 0 Å². The fourth-order valence-corrected chi connectivity index (χ4v) is 1.35. The highest BCUT2D eigenvalue weighted by Crippen LogP contribution is 2.11. The number of aliphatic imine (C=N–C) groups is 1. The van der Waals surface area contributed by atoms with Gasteiger partial charge in [-0.05, 0) is 19.1 Å². The standard InChI is InChI=1S/C6H6N2S2/c1-5-2-8-6(10-5)3-7-4-9/h2H,3H2,1H3. The molecule has 10 heavy (non-hydrogen) atoms. The minimum atomic E-state index is 0.571. The lowest BCUT2D eigenvalue weighted by Crippen LogP contribution is -1.74. The summed E-state index contributed by atoms with van der Waals surface area (Å²) >= 11 is 6.05. The van der Waals surface area contributed by atoms with Crippen molar-refractivity contribution >= 4 is 28.7 Å². The van der Waals surface area contributed by atoms with E-state index in [0.717, 1.165) is 5.01 Å². The molecule has 0 N–H and O–H groups in total. The molecule has 0 aliphatic carbocycles. The number of aryl methyl sites for hydroxylation is 1. The monoisotopic (exact) mass is 170 g/mol. The predicted molar refractivity (Wildman–Crippen MR) is 45.6 cm³/mol. The van der Waals surface area contributed by atoms with Crippen molar-refractivity contribution in [2.24, 2.45) is 4.99 Å². The van der Waals surface area contributed by atoms with Gasteiger partial charge in [0, 0.05) is 11.1 Å². The Morgan fingerprint density at radius 1 is 1.90 bits per heavy atom. The number of thiazole rings is 1. The largest absolute Gasteiger partial charge is 0.247 e.